The van der Waals surface area contributed by atoms with Gasteiger partial charge in [-0.25, -0.2) is 0 Å². The van der Waals surface area contributed by atoms with Crippen molar-refractivity contribution in [1.29, 1.82) is 0 Å². The fraction of sp³-hybridized carbons (Fsp3) is 0.510. The summed E-state index contributed by atoms with van der Waals surface area (Å²) in [5, 5.41) is 12.0. The molecule has 5 heteroatoms. The zero-order chi connectivity index (χ0) is 39.3. The number of aryl methyl sites for hydroxylation is 3. The first-order chi connectivity index (χ1) is 24.8. The number of carbonyl (C=O) groups is 1. The van der Waals surface area contributed by atoms with Gasteiger partial charge in [-0.3, -0.25) is 9.78 Å². The topological polar surface area (TPSA) is 50.2 Å². The summed E-state index contributed by atoms with van der Waals surface area (Å²) >= 11 is 2.05. The molecule has 1 radical (unpaired) electrons. The minimum atomic E-state index is -0.0119. The van der Waals surface area contributed by atoms with Crippen molar-refractivity contribution in [3.63, 3.8) is 0 Å². The Morgan fingerprint density at radius 3 is 1.98 bits per heavy atom. The normalized spacial score (nSPS) is 17.4. The fourth-order valence-electron chi connectivity index (χ4n) is 9.79. The van der Waals surface area contributed by atoms with Crippen molar-refractivity contribution in [2.24, 2.45) is 35.5 Å². The molecule has 0 saturated carbocycles. The smallest absolute Gasteiger partial charge is 0.162 e. The van der Waals surface area contributed by atoms with Crippen LogP contribution in [0.3, 0.4) is 0 Å². The number of nitrogens with zero attached hydrogens (tertiary/aromatic N) is 1. The second-order valence-corrected chi connectivity index (χ2v) is 19.4. The van der Waals surface area contributed by atoms with Crippen molar-refractivity contribution < 1.29 is 30.0 Å². The molecule has 1 aliphatic carbocycles. The zero-order valence-corrected chi connectivity index (χ0v) is 38.6. The van der Waals surface area contributed by atoms with Crippen molar-refractivity contribution in [2.45, 2.75) is 131 Å². The molecule has 2 heterocycles. The fourth-order valence-corrected chi connectivity index (χ4v) is 11.5. The molecule has 3 aromatic carbocycles. The number of hydrogen-bond donors (Lipinski definition) is 1. The van der Waals surface area contributed by atoms with E-state index in [2.05, 4.69) is 170 Å². The Labute approximate surface area is 345 Å². The maximum atomic E-state index is 12.3. The van der Waals surface area contributed by atoms with Crippen LogP contribution in [0.25, 0.3) is 22.2 Å². The Kier molecular flexibility index (Phi) is 14.0. The van der Waals surface area contributed by atoms with Gasteiger partial charge in [0.15, 0.2) is 5.78 Å². The van der Waals surface area contributed by atoms with E-state index < -0.39 is 0 Å². The van der Waals surface area contributed by atoms with Gasteiger partial charge in [-0.15, -0.1) is 46.7 Å². The number of fused-ring (bicyclic) bond motifs is 6. The maximum Gasteiger partial charge on any atom is 0.162 e. The second kappa shape index (κ2) is 17.2. The van der Waals surface area contributed by atoms with Gasteiger partial charge in [0.05, 0.1) is 11.3 Å². The molecule has 2 unspecified atom stereocenters. The van der Waals surface area contributed by atoms with Crippen molar-refractivity contribution in [3.8, 4) is 11.3 Å². The number of pyridine rings is 1. The standard InChI is InChI=1S/C32H32NS.C17H32O2.Ir/c1-17(2)21-11-12-27-24(16-21)30-31(34-27)23-10-8-9-22(29(23)32(30,6)7)25-15-20(5)28-19(4)13-18(3)14-26(28)33-25;1-10(2)16(11(3)4)14(18)9-15(19)17(12(5)6)13(7)8;/h8,10-17,30-31H,1-7H3;9-13,16-18H,1-8H3;/q-1;;/b;14-9-;. The Bertz CT molecular complexity index is 2000. The molecule has 6 rings (SSSR count). The summed E-state index contributed by atoms with van der Waals surface area (Å²) in [5.74, 6) is 2.65. The van der Waals surface area contributed by atoms with E-state index in [1.165, 1.54) is 60.9 Å². The molecular weight excluding hydrogens is 859 g/mol. The molecule has 2 atom stereocenters. The molecule has 2 aliphatic rings. The number of aliphatic hydroxyl groups is 1. The number of hydrogen-bond acceptors (Lipinski definition) is 4. The van der Waals surface area contributed by atoms with Crippen LogP contribution in [-0.2, 0) is 30.3 Å². The number of thioether (sulfide) groups is 1. The first kappa shape index (κ1) is 44.0. The van der Waals surface area contributed by atoms with Crippen LogP contribution in [0, 0.1) is 62.3 Å². The van der Waals surface area contributed by atoms with E-state index in [1.54, 1.807) is 0 Å². The van der Waals surface area contributed by atoms with Crippen LogP contribution in [0.4, 0.5) is 0 Å². The van der Waals surface area contributed by atoms with Crippen LogP contribution in [0.1, 0.15) is 139 Å². The first-order valence-electron chi connectivity index (χ1n) is 19.9. The minimum absolute atomic E-state index is 0. The number of aromatic nitrogens is 1. The monoisotopic (exact) mass is 923 g/mol. The van der Waals surface area contributed by atoms with Gasteiger partial charge in [0.2, 0.25) is 0 Å². The summed E-state index contributed by atoms with van der Waals surface area (Å²) < 4.78 is 0. The van der Waals surface area contributed by atoms with E-state index in [9.17, 15) is 9.90 Å². The van der Waals surface area contributed by atoms with E-state index in [1.807, 2.05) is 0 Å². The Hall–Kier alpha value is -2.72. The third kappa shape index (κ3) is 8.50. The van der Waals surface area contributed by atoms with Crippen LogP contribution in [-0.4, -0.2) is 15.9 Å². The molecule has 0 fully saturated rings. The Morgan fingerprint density at radius 1 is 0.815 bits per heavy atom. The van der Waals surface area contributed by atoms with E-state index in [-0.39, 0.29) is 48.9 Å². The van der Waals surface area contributed by atoms with E-state index in [4.69, 9.17) is 4.98 Å². The number of allylic oxidation sites excluding steroid dienone is 2. The van der Waals surface area contributed by atoms with Gasteiger partial charge < -0.3 is 5.11 Å². The molecule has 293 valence electrons. The van der Waals surface area contributed by atoms with E-state index in [0.717, 1.165) is 11.2 Å². The predicted molar refractivity (Wildman–Crippen MR) is 227 cm³/mol. The van der Waals surface area contributed by atoms with Crippen LogP contribution in [0.5, 0.6) is 0 Å². The molecule has 1 aliphatic heterocycles. The second-order valence-electron chi connectivity index (χ2n) is 18.2. The molecule has 54 heavy (non-hydrogen) atoms. The van der Waals surface area contributed by atoms with Crippen molar-refractivity contribution in [1.82, 2.24) is 4.98 Å². The largest absolute Gasteiger partial charge is 0.512 e. The average Bonchev–Trinajstić information content (AvgIpc) is 3.52. The van der Waals surface area contributed by atoms with Gasteiger partial charge in [-0.1, -0.05) is 107 Å². The zero-order valence-electron chi connectivity index (χ0n) is 35.4. The number of rotatable bonds is 9. The van der Waals surface area contributed by atoms with Gasteiger partial charge in [-0.2, -0.15) is 0 Å². The summed E-state index contributed by atoms with van der Waals surface area (Å²) in [5.41, 5.74) is 13.1. The Balaban J connectivity index is 0.000000281. The third-order valence-corrected chi connectivity index (χ3v) is 13.3. The maximum absolute atomic E-state index is 12.3. The molecule has 3 nitrogen and oxygen atoms in total. The molecule has 0 spiro atoms. The minimum Gasteiger partial charge on any atom is -0.512 e. The SMILES string of the molecule is CC(C)C(C(=O)/C=C(\O)C(C(C)C)C(C)C)C(C)C.Cc1cc(C)c2c(C)cc(-c3[c-]ccc4c3C(C)(C)C3c5cc(C(C)C)ccc5SC43)nc2c1.[Ir]. The van der Waals surface area contributed by atoms with E-state index >= 15 is 0 Å². The number of aliphatic hydroxyl groups excluding tert-OH is 1. The summed E-state index contributed by atoms with van der Waals surface area (Å²) in [6.45, 7) is 32.6. The first-order valence-corrected chi connectivity index (χ1v) is 20.8. The van der Waals surface area contributed by atoms with Crippen LogP contribution in [0.15, 0.2) is 65.3 Å². The van der Waals surface area contributed by atoms with Gasteiger partial charge in [0.25, 0.3) is 0 Å². The van der Waals surface area contributed by atoms with Crippen molar-refractivity contribution >= 4 is 28.4 Å². The summed E-state index contributed by atoms with van der Waals surface area (Å²) in [4.78, 5) is 19.0. The molecule has 4 aromatic rings. The molecule has 1 N–H and O–H groups in total. The molecular formula is C49H64IrNO2S-. The van der Waals surface area contributed by atoms with Gasteiger partial charge in [0.1, 0.15) is 0 Å². The number of carbonyl (C=O) groups excluding carboxylic acids is 1. The molecule has 0 saturated heterocycles. The molecule has 1 aromatic heterocycles. The third-order valence-electron chi connectivity index (χ3n) is 11.9. The van der Waals surface area contributed by atoms with Gasteiger partial charge >= 0.3 is 0 Å². The molecule has 0 bridgehead atoms. The van der Waals surface area contributed by atoms with E-state index in [0.29, 0.717) is 40.8 Å². The Morgan fingerprint density at radius 2 is 1.41 bits per heavy atom. The summed E-state index contributed by atoms with van der Waals surface area (Å²) in [6, 6.07) is 22.0. The van der Waals surface area contributed by atoms with Crippen LogP contribution < -0.4 is 0 Å². The summed E-state index contributed by atoms with van der Waals surface area (Å²) in [7, 11) is 0. The van der Waals surface area contributed by atoms with Crippen molar-refractivity contribution in [3.05, 3.63) is 105 Å². The average molecular weight is 923 g/mol. The molecule has 0 amide bonds. The van der Waals surface area contributed by atoms with Gasteiger partial charge in [-0.05, 0) is 101 Å². The van der Waals surface area contributed by atoms with Gasteiger partial charge in [0, 0.05) is 59.5 Å². The number of ketones is 1. The summed E-state index contributed by atoms with van der Waals surface area (Å²) in [6.07, 6.45) is 1.48. The number of benzene rings is 3. The van der Waals surface area contributed by atoms with Crippen LogP contribution in [0.2, 0.25) is 0 Å². The predicted octanol–water partition coefficient (Wildman–Crippen LogP) is 13.8. The quantitative estimate of drug-likeness (QED) is 0.103. The van der Waals surface area contributed by atoms with Crippen LogP contribution >= 0.6 is 11.8 Å². The van der Waals surface area contributed by atoms with Crippen molar-refractivity contribution in [2.75, 3.05) is 0 Å².